The van der Waals surface area contributed by atoms with Crippen LogP contribution in [-0.2, 0) is 11.2 Å². The van der Waals surface area contributed by atoms with Crippen molar-refractivity contribution in [3.05, 3.63) is 58.6 Å². The molecule has 0 aliphatic carbocycles. The molecule has 0 radical (unpaired) electrons. The van der Waals surface area contributed by atoms with Crippen molar-refractivity contribution in [3.63, 3.8) is 0 Å². The van der Waals surface area contributed by atoms with Gasteiger partial charge in [-0.15, -0.1) is 0 Å². The molecule has 136 valence electrons. The van der Waals surface area contributed by atoms with Crippen molar-refractivity contribution in [2.75, 3.05) is 26.3 Å². The average Bonchev–Trinajstić information content (AvgIpc) is 2.67. The van der Waals surface area contributed by atoms with Gasteiger partial charge in [-0.2, -0.15) is 0 Å². The van der Waals surface area contributed by atoms with Gasteiger partial charge in [-0.25, -0.2) is 0 Å². The van der Waals surface area contributed by atoms with Crippen molar-refractivity contribution < 1.29 is 19.1 Å². The SMILES string of the molecule is O=C(CNC(=O)c1ccccc1)NCCc1cc(Cl)c2c(c1)OCCO2. The molecule has 26 heavy (non-hydrogen) atoms. The molecule has 1 aliphatic rings. The fourth-order valence-electron chi connectivity index (χ4n) is 2.57. The Morgan fingerprint density at radius 2 is 1.81 bits per heavy atom. The lowest BCUT2D eigenvalue weighted by Gasteiger charge is -2.20. The van der Waals surface area contributed by atoms with E-state index in [4.69, 9.17) is 21.1 Å². The average molecular weight is 375 g/mol. The summed E-state index contributed by atoms with van der Waals surface area (Å²) in [7, 11) is 0. The van der Waals surface area contributed by atoms with Crippen LogP contribution in [0.1, 0.15) is 15.9 Å². The third-order valence-corrected chi connectivity index (χ3v) is 4.12. The van der Waals surface area contributed by atoms with Crippen LogP contribution in [0.2, 0.25) is 5.02 Å². The molecule has 6 nitrogen and oxygen atoms in total. The van der Waals surface area contributed by atoms with Gasteiger partial charge in [-0.05, 0) is 36.2 Å². The highest BCUT2D eigenvalue weighted by molar-refractivity contribution is 6.32. The van der Waals surface area contributed by atoms with Crippen molar-refractivity contribution in [1.29, 1.82) is 0 Å². The number of hydrogen-bond donors (Lipinski definition) is 2. The number of amides is 2. The Kier molecular flexibility index (Phi) is 5.96. The van der Waals surface area contributed by atoms with Crippen molar-refractivity contribution in [3.8, 4) is 11.5 Å². The smallest absolute Gasteiger partial charge is 0.251 e. The lowest BCUT2D eigenvalue weighted by molar-refractivity contribution is -0.120. The Labute approximate surface area is 156 Å². The van der Waals surface area contributed by atoms with E-state index >= 15 is 0 Å². The van der Waals surface area contributed by atoms with E-state index < -0.39 is 0 Å². The summed E-state index contributed by atoms with van der Waals surface area (Å²) >= 11 is 6.19. The maximum atomic E-state index is 11.9. The molecule has 2 N–H and O–H groups in total. The number of hydrogen-bond acceptors (Lipinski definition) is 4. The minimum absolute atomic E-state index is 0.0738. The Morgan fingerprint density at radius 1 is 1.04 bits per heavy atom. The normalized spacial score (nSPS) is 12.3. The van der Waals surface area contributed by atoms with Gasteiger partial charge < -0.3 is 20.1 Å². The zero-order valence-electron chi connectivity index (χ0n) is 14.1. The van der Waals surface area contributed by atoms with Crippen LogP contribution in [0.5, 0.6) is 11.5 Å². The lowest BCUT2D eigenvalue weighted by Crippen LogP contribution is -2.37. The van der Waals surface area contributed by atoms with Crippen LogP contribution >= 0.6 is 11.6 Å². The number of benzene rings is 2. The van der Waals surface area contributed by atoms with Gasteiger partial charge >= 0.3 is 0 Å². The molecule has 1 aliphatic heterocycles. The highest BCUT2D eigenvalue weighted by Gasteiger charge is 2.16. The zero-order valence-corrected chi connectivity index (χ0v) is 14.8. The van der Waals surface area contributed by atoms with Gasteiger partial charge in [0, 0.05) is 12.1 Å². The second kappa shape index (κ2) is 8.58. The van der Waals surface area contributed by atoms with Crippen LogP contribution in [0.3, 0.4) is 0 Å². The first-order valence-electron chi connectivity index (χ1n) is 8.31. The van der Waals surface area contributed by atoms with Gasteiger partial charge in [0.2, 0.25) is 5.91 Å². The second-order valence-electron chi connectivity index (χ2n) is 5.75. The van der Waals surface area contributed by atoms with Crippen molar-refractivity contribution in [2.45, 2.75) is 6.42 Å². The largest absolute Gasteiger partial charge is 0.486 e. The molecule has 3 rings (SSSR count). The van der Waals surface area contributed by atoms with Crippen LogP contribution < -0.4 is 20.1 Å². The molecule has 2 amide bonds. The maximum Gasteiger partial charge on any atom is 0.251 e. The standard InChI is InChI=1S/C19H19ClN2O4/c20-15-10-13(11-16-18(15)26-9-8-25-16)6-7-21-17(23)12-22-19(24)14-4-2-1-3-5-14/h1-5,10-11H,6-9,12H2,(H,21,23)(H,22,24). The molecule has 2 aromatic rings. The monoisotopic (exact) mass is 374 g/mol. The number of halogens is 1. The highest BCUT2D eigenvalue weighted by Crippen LogP contribution is 2.38. The number of ether oxygens (including phenoxy) is 2. The van der Waals surface area contributed by atoms with Crippen molar-refractivity contribution in [1.82, 2.24) is 10.6 Å². The zero-order chi connectivity index (χ0) is 18.4. The van der Waals surface area contributed by atoms with Crippen LogP contribution in [-0.4, -0.2) is 38.1 Å². The number of carbonyl (C=O) groups is 2. The topological polar surface area (TPSA) is 76.7 Å². The summed E-state index contributed by atoms with van der Waals surface area (Å²) < 4.78 is 11.0. The van der Waals surface area contributed by atoms with E-state index in [2.05, 4.69) is 10.6 Å². The fraction of sp³-hybridized carbons (Fsp3) is 0.263. The van der Waals surface area contributed by atoms with E-state index in [0.29, 0.717) is 48.3 Å². The lowest BCUT2D eigenvalue weighted by atomic mass is 10.1. The van der Waals surface area contributed by atoms with Crippen LogP contribution in [0.25, 0.3) is 0 Å². The first-order valence-corrected chi connectivity index (χ1v) is 8.69. The van der Waals surface area contributed by atoms with Crippen LogP contribution in [0.4, 0.5) is 0 Å². The van der Waals surface area contributed by atoms with E-state index in [1.807, 2.05) is 12.1 Å². The van der Waals surface area contributed by atoms with Gasteiger partial charge in [-0.1, -0.05) is 29.8 Å². The molecule has 2 aromatic carbocycles. The summed E-state index contributed by atoms with van der Waals surface area (Å²) in [5, 5.41) is 5.86. The quantitative estimate of drug-likeness (QED) is 0.812. The van der Waals surface area contributed by atoms with Crippen molar-refractivity contribution in [2.24, 2.45) is 0 Å². The van der Waals surface area contributed by atoms with E-state index in [0.717, 1.165) is 5.56 Å². The number of rotatable bonds is 6. The second-order valence-corrected chi connectivity index (χ2v) is 6.16. The van der Waals surface area contributed by atoms with E-state index in [-0.39, 0.29) is 18.4 Å². The summed E-state index contributed by atoms with van der Waals surface area (Å²) in [5.41, 5.74) is 1.46. The Hall–Kier alpha value is -2.73. The third kappa shape index (κ3) is 4.67. The molecular formula is C19H19ClN2O4. The molecule has 0 unspecified atom stereocenters. The Morgan fingerprint density at radius 3 is 2.62 bits per heavy atom. The van der Waals surface area contributed by atoms with Crippen LogP contribution in [0.15, 0.2) is 42.5 Å². The molecule has 0 atom stereocenters. The molecular weight excluding hydrogens is 356 g/mol. The number of carbonyl (C=O) groups excluding carboxylic acids is 2. The molecule has 0 fully saturated rings. The summed E-state index contributed by atoms with van der Waals surface area (Å²) in [6.07, 6.45) is 0.592. The first kappa shape index (κ1) is 18.1. The van der Waals surface area contributed by atoms with Gasteiger partial charge in [0.25, 0.3) is 5.91 Å². The van der Waals surface area contributed by atoms with E-state index in [1.165, 1.54) is 0 Å². The van der Waals surface area contributed by atoms with E-state index in [9.17, 15) is 9.59 Å². The first-order chi connectivity index (χ1) is 12.6. The molecule has 0 aromatic heterocycles. The highest BCUT2D eigenvalue weighted by atomic mass is 35.5. The molecule has 1 heterocycles. The molecule has 0 bridgehead atoms. The van der Waals surface area contributed by atoms with Crippen LogP contribution in [0, 0.1) is 0 Å². The van der Waals surface area contributed by atoms with Crippen molar-refractivity contribution >= 4 is 23.4 Å². The fourth-order valence-corrected chi connectivity index (χ4v) is 2.86. The minimum Gasteiger partial charge on any atom is -0.486 e. The molecule has 7 heteroatoms. The van der Waals surface area contributed by atoms with Gasteiger partial charge in [-0.3, -0.25) is 9.59 Å². The van der Waals surface area contributed by atoms with Gasteiger partial charge in [0.1, 0.15) is 13.2 Å². The third-order valence-electron chi connectivity index (χ3n) is 3.84. The maximum absolute atomic E-state index is 11.9. The number of fused-ring (bicyclic) bond motifs is 1. The molecule has 0 spiro atoms. The van der Waals surface area contributed by atoms with E-state index in [1.54, 1.807) is 30.3 Å². The predicted molar refractivity (Wildman–Crippen MR) is 97.9 cm³/mol. The summed E-state index contributed by atoms with van der Waals surface area (Å²) in [5.74, 6) is 0.659. The minimum atomic E-state index is -0.278. The predicted octanol–water partition coefficient (Wildman–Crippen LogP) is 2.20. The Bertz CT molecular complexity index is 796. The Balaban J connectivity index is 1.44. The summed E-state index contributed by atoms with van der Waals surface area (Å²) in [6.45, 7) is 1.33. The van der Waals surface area contributed by atoms with Gasteiger partial charge in [0.05, 0.1) is 11.6 Å². The summed E-state index contributed by atoms with van der Waals surface area (Å²) in [4.78, 5) is 23.8. The molecule has 0 saturated heterocycles. The molecule has 0 saturated carbocycles. The summed E-state index contributed by atoms with van der Waals surface area (Å²) in [6, 6.07) is 12.4. The van der Waals surface area contributed by atoms with Gasteiger partial charge in [0.15, 0.2) is 11.5 Å². The number of nitrogens with one attached hydrogen (secondary N) is 2.